The minimum Gasteiger partial charge on any atom is -0.467 e. The first-order chi connectivity index (χ1) is 13.2. The third kappa shape index (κ3) is 4.02. The molecule has 1 aromatic carbocycles. The summed E-state index contributed by atoms with van der Waals surface area (Å²) in [7, 11) is 1.52. The minimum atomic E-state index is -0.129. The Hall–Kier alpha value is -3.10. The minimum absolute atomic E-state index is 0.129. The van der Waals surface area contributed by atoms with E-state index in [2.05, 4.69) is 25.2 Å². The molecular weight excluding hydrogens is 350 g/mol. The number of rotatable bonds is 6. The highest BCUT2D eigenvalue weighted by Crippen LogP contribution is 2.32. The second-order valence-corrected chi connectivity index (χ2v) is 6.37. The summed E-state index contributed by atoms with van der Waals surface area (Å²) in [6.45, 7) is 2.26. The van der Waals surface area contributed by atoms with Crippen LogP contribution in [0.15, 0.2) is 18.2 Å². The molecule has 1 fully saturated rings. The van der Waals surface area contributed by atoms with Crippen LogP contribution in [0.2, 0.25) is 0 Å². The smallest absolute Gasteiger partial charge is 0.321 e. The highest BCUT2D eigenvalue weighted by Gasteiger charge is 2.18. The predicted molar refractivity (Wildman–Crippen MR) is 95.9 cm³/mol. The maximum absolute atomic E-state index is 12.3. The molecule has 0 radical (unpaired) electrons. The van der Waals surface area contributed by atoms with E-state index in [9.17, 15) is 4.79 Å². The molecule has 1 aromatic heterocycles. The number of ether oxygens (including phenoxy) is 3. The number of nitrogens with zero attached hydrogens (tertiary/aromatic N) is 4. The zero-order valence-electron chi connectivity index (χ0n) is 15.1. The van der Waals surface area contributed by atoms with Gasteiger partial charge in [0.25, 0.3) is 0 Å². The van der Waals surface area contributed by atoms with Crippen molar-refractivity contribution >= 4 is 11.9 Å². The summed E-state index contributed by atoms with van der Waals surface area (Å²) in [6, 6.07) is 5.74. The van der Waals surface area contributed by atoms with E-state index in [0.717, 1.165) is 31.5 Å². The quantitative estimate of drug-likeness (QED) is 0.805. The van der Waals surface area contributed by atoms with E-state index in [1.54, 1.807) is 0 Å². The van der Waals surface area contributed by atoms with Crippen LogP contribution < -0.4 is 24.4 Å². The molecule has 0 unspecified atom stereocenters. The van der Waals surface area contributed by atoms with Gasteiger partial charge in [-0.2, -0.15) is 15.0 Å². The number of fused-ring (bicyclic) bond motifs is 1. The predicted octanol–water partition coefficient (Wildman–Crippen LogP) is 1.07. The number of hydrogen-bond donors (Lipinski definition) is 1. The summed E-state index contributed by atoms with van der Waals surface area (Å²) in [5.41, 5.74) is 0.850. The third-order valence-electron chi connectivity index (χ3n) is 4.47. The highest BCUT2D eigenvalue weighted by atomic mass is 16.7. The van der Waals surface area contributed by atoms with E-state index < -0.39 is 0 Å². The van der Waals surface area contributed by atoms with Crippen LogP contribution in [-0.4, -0.2) is 47.9 Å². The highest BCUT2D eigenvalue weighted by molar-refractivity contribution is 5.78. The van der Waals surface area contributed by atoms with Gasteiger partial charge in [0.1, 0.15) is 0 Å². The lowest BCUT2D eigenvalue weighted by molar-refractivity contribution is -0.120. The van der Waals surface area contributed by atoms with Crippen molar-refractivity contribution in [3.8, 4) is 17.5 Å². The van der Waals surface area contributed by atoms with E-state index in [1.807, 2.05) is 18.2 Å². The molecule has 1 amide bonds. The molecular formula is C18H21N5O4. The van der Waals surface area contributed by atoms with E-state index in [1.165, 1.54) is 7.11 Å². The zero-order valence-corrected chi connectivity index (χ0v) is 15.1. The van der Waals surface area contributed by atoms with Crippen LogP contribution >= 0.6 is 0 Å². The van der Waals surface area contributed by atoms with Gasteiger partial charge in [-0.3, -0.25) is 4.79 Å². The van der Waals surface area contributed by atoms with Crippen molar-refractivity contribution in [3.63, 3.8) is 0 Å². The fourth-order valence-electron chi connectivity index (χ4n) is 3.09. The monoisotopic (exact) mass is 371 g/mol. The Kier molecular flexibility index (Phi) is 4.91. The van der Waals surface area contributed by atoms with Crippen molar-refractivity contribution in [3.05, 3.63) is 29.6 Å². The van der Waals surface area contributed by atoms with Crippen molar-refractivity contribution in [2.24, 2.45) is 0 Å². The molecule has 1 saturated heterocycles. The lowest BCUT2D eigenvalue weighted by atomic mass is 10.1. The van der Waals surface area contributed by atoms with Crippen LogP contribution in [0, 0.1) is 0 Å². The standard InChI is InChI=1S/C18H21N5O4/c1-25-18-21-15(20-17(22-18)23-6-2-3-7-23)10-19-16(24)9-12-4-5-13-14(8-12)27-11-26-13/h4-5,8H,2-3,6-7,9-11H2,1H3,(H,19,24). The van der Waals surface area contributed by atoms with E-state index in [0.29, 0.717) is 23.3 Å². The maximum Gasteiger partial charge on any atom is 0.321 e. The Balaban J connectivity index is 1.38. The lowest BCUT2D eigenvalue weighted by Gasteiger charge is -2.16. The zero-order chi connectivity index (χ0) is 18.6. The second-order valence-electron chi connectivity index (χ2n) is 6.37. The fraction of sp³-hybridized carbons (Fsp3) is 0.444. The van der Waals surface area contributed by atoms with E-state index in [-0.39, 0.29) is 31.7 Å². The molecule has 9 heteroatoms. The van der Waals surface area contributed by atoms with Crippen LogP contribution in [0.5, 0.6) is 17.5 Å². The molecule has 2 aromatic rings. The van der Waals surface area contributed by atoms with E-state index >= 15 is 0 Å². The fourth-order valence-corrected chi connectivity index (χ4v) is 3.09. The summed E-state index contributed by atoms with van der Waals surface area (Å²) in [4.78, 5) is 27.4. The molecule has 0 spiro atoms. The Morgan fingerprint density at radius 1 is 1.19 bits per heavy atom. The van der Waals surface area contributed by atoms with Gasteiger partial charge < -0.3 is 24.4 Å². The van der Waals surface area contributed by atoms with Crippen LogP contribution in [0.25, 0.3) is 0 Å². The molecule has 4 rings (SSSR count). The number of carbonyl (C=O) groups excluding carboxylic acids is 1. The van der Waals surface area contributed by atoms with Gasteiger partial charge in [-0.15, -0.1) is 0 Å². The maximum atomic E-state index is 12.3. The number of nitrogens with one attached hydrogen (secondary N) is 1. The largest absolute Gasteiger partial charge is 0.467 e. The average Bonchev–Trinajstić information content (AvgIpc) is 3.37. The normalized spacial score (nSPS) is 15.1. The number of benzene rings is 1. The first kappa shape index (κ1) is 17.3. The summed E-state index contributed by atoms with van der Waals surface area (Å²) in [5, 5.41) is 2.85. The molecule has 9 nitrogen and oxygen atoms in total. The first-order valence-corrected chi connectivity index (χ1v) is 8.90. The summed E-state index contributed by atoms with van der Waals surface area (Å²) >= 11 is 0. The van der Waals surface area contributed by atoms with Crippen LogP contribution in [0.3, 0.4) is 0 Å². The Labute approximate surface area is 156 Å². The SMILES string of the molecule is COc1nc(CNC(=O)Cc2ccc3c(c2)OCO3)nc(N2CCCC2)n1. The van der Waals surface area contributed by atoms with Crippen molar-refractivity contribution in [1.29, 1.82) is 0 Å². The van der Waals surface area contributed by atoms with Gasteiger partial charge in [-0.25, -0.2) is 0 Å². The van der Waals surface area contributed by atoms with Gasteiger partial charge in [0, 0.05) is 13.1 Å². The average molecular weight is 371 g/mol. The van der Waals surface area contributed by atoms with Crippen LogP contribution in [0.4, 0.5) is 5.95 Å². The van der Waals surface area contributed by atoms with Gasteiger partial charge in [-0.05, 0) is 30.5 Å². The molecule has 3 heterocycles. The van der Waals surface area contributed by atoms with Crippen molar-refractivity contribution < 1.29 is 19.0 Å². The molecule has 142 valence electrons. The van der Waals surface area contributed by atoms with Crippen LogP contribution in [0.1, 0.15) is 24.2 Å². The number of anilines is 1. The molecule has 0 atom stereocenters. The summed E-state index contributed by atoms with van der Waals surface area (Å²) in [5.74, 6) is 2.31. The second kappa shape index (κ2) is 7.65. The van der Waals surface area contributed by atoms with Gasteiger partial charge in [-0.1, -0.05) is 6.07 Å². The Morgan fingerprint density at radius 2 is 2.00 bits per heavy atom. The topological polar surface area (TPSA) is 98.7 Å². The van der Waals surface area contributed by atoms with Crippen molar-refractivity contribution in [1.82, 2.24) is 20.3 Å². The third-order valence-corrected chi connectivity index (χ3v) is 4.47. The molecule has 1 N–H and O–H groups in total. The van der Waals surface area contributed by atoms with Gasteiger partial charge >= 0.3 is 6.01 Å². The Morgan fingerprint density at radius 3 is 2.81 bits per heavy atom. The molecule has 0 saturated carbocycles. The first-order valence-electron chi connectivity index (χ1n) is 8.90. The molecule has 27 heavy (non-hydrogen) atoms. The van der Waals surface area contributed by atoms with Crippen molar-refractivity contribution in [2.75, 3.05) is 31.9 Å². The Bertz CT molecular complexity index is 838. The molecule has 2 aliphatic rings. The van der Waals surface area contributed by atoms with Gasteiger partial charge in [0.2, 0.25) is 18.6 Å². The van der Waals surface area contributed by atoms with Crippen molar-refractivity contribution in [2.45, 2.75) is 25.8 Å². The molecule has 0 aliphatic carbocycles. The van der Waals surface area contributed by atoms with Gasteiger partial charge in [0.15, 0.2) is 17.3 Å². The lowest BCUT2D eigenvalue weighted by Crippen LogP contribution is -2.27. The number of hydrogen-bond acceptors (Lipinski definition) is 8. The summed E-state index contributed by atoms with van der Waals surface area (Å²) < 4.78 is 15.8. The number of aromatic nitrogens is 3. The molecule has 0 bridgehead atoms. The number of amides is 1. The van der Waals surface area contributed by atoms with Crippen LogP contribution in [-0.2, 0) is 17.8 Å². The van der Waals surface area contributed by atoms with E-state index in [4.69, 9.17) is 14.2 Å². The number of carbonyl (C=O) groups is 1. The summed E-state index contributed by atoms with van der Waals surface area (Å²) in [6.07, 6.45) is 2.48. The number of methoxy groups -OCH3 is 1. The van der Waals surface area contributed by atoms with Gasteiger partial charge in [0.05, 0.1) is 20.1 Å². The molecule has 2 aliphatic heterocycles.